The van der Waals surface area contributed by atoms with E-state index >= 15 is 0 Å². The number of hydrogen-bond acceptors (Lipinski definition) is 7. The molecule has 9 nitrogen and oxygen atoms in total. The molecule has 0 fully saturated rings. The Labute approximate surface area is 188 Å². The van der Waals surface area contributed by atoms with E-state index in [1.165, 1.54) is 6.20 Å². The van der Waals surface area contributed by atoms with Gasteiger partial charge < -0.3 is 19.3 Å². The van der Waals surface area contributed by atoms with Crippen LogP contribution in [0.3, 0.4) is 0 Å². The molecule has 2 aromatic carbocycles. The third-order valence-corrected chi connectivity index (χ3v) is 4.99. The molecular weight excluding hydrogens is 428 g/mol. The van der Waals surface area contributed by atoms with Crippen molar-refractivity contribution in [1.29, 1.82) is 0 Å². The molecule has 2 N–H and O–H groups in total. The van der Waals surface area contributed by atoms with Gasteiger partial charge in [0.2, 0.25) is 5.76 Å². The van der Waals surface area contributed by atoms with E-state index in [0.717, 1.165) is 21.8 Å². The summed E-state index contributed by atoms with van der Waals surface area (Å²) in [7, 11) is 0. The number of aliphatic hydroxyl groups is 1. The van der Waals surface area contributed by atoms with Crippen molar-refractivity contribution in [3.05, 3.63) is 116 Å². The quantitative estimate of drug-likeness (QED) is 0.474. The van der Waals surface area contributed by atoms with Crippen molar-refractivity contribution in [3.8, 4) is 0 Å². The maximum Gasteiger partial charge on any atom is 0.378 e. The number of benzene rings is 2. The first-order chi connectivity index (χ1) is 16.0. The molecule has 33 heavy (non-hydrogen) atoms. The van der Waals surface area contributed by atoms with Crippen LogP contribution in [0.15, 0.2) is 94.0 Å². The van der Waals surface area contributed by atoms with Crippen LogP contribution in [0.4, 0.5) is 0 Å². The Morgan fingerprint density at radius 1 is 0.909 bits per heavy atom. The maximum absolute atomic E-state index is 12.6. The first-order valence-electron chi connectivity index (χ1n) is 10.3. The van der Waals surface area contributed by atoms with Crippen molar-refractivity contribution in [1.82, 2.24) is 9.55 Å². The van der Waals surface area contributed by atoms with Gasteiger partial charge in [0.1, 0.15) is 19.3 Å². The fourth-order valence-corrected chi connectivity index (χ4v) is 3.33. The van der Waals surface area contributed by atoms with Crippen molar-refractivity contribution in [2.75, 3.05) is 0 Å². The smallest absolute Gasteiger partial charge is 0.378 e. The van der Waals surface area contributed by atoms with Crippen LogP contribution < -0.4 is 11.2 Å². The van der Waals surface area contributed by atoms with E-state index in [9.17, 15) is 19.5 Å². The summed E-state index contributed by atoms with van der Waals surface area (Å²) < 4.78 is 18.1. The molecule has 170 valence electrons. The first-order valence-corrected chi connectivity index (χ1v) is 10.3. The number of aliphatic hydroxyl groups excluding tert-OH is 1. The molecule has 2 heterocycles. The van der Waals surface area contributed by atoms with E-state index < -0.39 is 29.4 Å². The Morgan fingerprint density at radius 2 is 1.52 bits per heavy atom. The van der Waals surface area contributed by atoms with Gasteiger partial charge in [-0.05, 0) is 11.1 Å². The van der Waals surface area contributed by atoms with E-state index in [0.29, 0.717) is 0 Å². The minimum Gasteiger partial charge on any atom is -0.485 e. The average Bonchev–Trinajstić information content (AvgIpc) is 3.14. The van der Waals surface area contributed by atoms with Crippen molar-refractivity contribution in [3.63, 3.8) is 0 Å². The molecule has 0 saturated heterocycles. The number of nitrogens with one attached hydrogen (secondary N) is 1. The number of carbonyl (C=O) groups excluding carboxylic acids is 1. The summed E-state index contributed by atoms with van der Waals surface area (Å²) in [5, 5.41) is 10.8. The first kappa shape index (κ1) is 22.1. The Morgan fingerprint density at radius 3 is 2.12 bits per heavy atom. The summed E-state index contributed by atoms with van der Waals surface area (Å²) in [6.07, 6.45) is -1.27. The zero-order chi connectivity index (χ0) is 23.2. The highest BCUT2D eigenvalue weighted by atomic mass is 16.6. The van der Waals surface area contributed by atoms with Gasteiger partial charge in [-0.2, -0.15) is 0 Å². The van der Waals surface area contributed by atoms with Gasteiger partial charge in [-0.3, -0.25) is 14.3 Å². The predicted octanol–water partition coefficient (Wildman–Crippen LogP) is 1.47. The molecule has 0 spiro atoms. The van der Waals surface area contributed by atoms with Gasteiger partial charge in [-0.1, -0.05) is 60.7 Å². The van der Waals surface area contributed by atoms with Gasteiger partial charge in [0.15, 0.2) is 11.9 Å². The van der Waals surface area contributed by atoms with E-state index in [1.807, 2.05) is 60.7 Å². The summed E-state index contributed by atoms with van der Waals surface area (Å²) in [5.74, 6) is -0.857. The summed E-state index contributed by atoms with van der Waals surface area (Å²) in [4.78, 5) is 38.0. The minimum atomic E-state index is -1.33. The maximum atomic E-state index is 12.6. The van der Waals surface area contributed by atoms with Gasteiger partial charge >= 0.3 is 11.7 Å². The highest BCUT2D eigenvalue weighted by Gasteiger charge is 2.42. The lowest BCUT2D eigenvalue weighted by Crippen LogP contribution is -2.38. The molecule has 1 aliphatic heterocycles. The predicted molar refractivity (Wildman–Crippen MR) is 117 cm³/mol. The second kappa shape index (κ2) is 10.0. The topological polar surface area (TPSA) is 120 Å². The molecular formula is C24H22N2O7. The summed E-state index contributed by atoms with van der Waals surface area (Å²) in [6, 6.07) is 19.7. The van der Waals surface area contributed by atoms with Crippen molar-refractivity contribution in [2.24, 2.45) is 0 Å². The van der Waals surface area contributed by atoms with Crippen LogP contribution in [0.2, 0.25) is 0 Å². The standard InChI is InChI=1S/C24H22N2O7/c27-18(13-26-12-11-19(28)25-24(26)30)20-21(31-14-16-7-3-1-4-8-16)22(23(29)33-20)32-15-17-9-5-2-6-10-17/h1-12,18,20,27H,13-15H2,(H,25,28,30)/t18-,20+/m0/s1. The second-order valence-corrected chi connectivity index (χ2v) is 7.40. The van der Waals surface area contributed by atoms with Crippen LogP contribution in [0.1, 0.15) is 11.1 Å². The van der Waals surface area contributed by atoms with Crippen molar-refractivity contribution in [2.45, 2.75) is 32.0 Å². The second-order valence-electron chi connectivity index (χ2n) is 7.40. The number of cyclic esters (lactones) is 1. The molecule has 0 bridgehead atoms. The van der Waals surface area contributed by atoms with Crippen LogP contribution in [-0.2, 0) is 38.8 Å². The van der Waals surface area contributed by atoms with Crippen LogP contribution in [0.5, 0.6) is 0 Å². The van der Waals surface area contributed by atoms with Crippen LogP contribution >= 0.6 is 0 Å². The lowest BCUT2D eigenvalue weighted by molar-refractivity contribution is -0.148. The number of ether oxygens (including phenoxy) is 3. The van der Waals surface area contributed by atoms with Gasteiger partial charge in [0.25, 0.3) is 5.56 Å². The largest absolute Gasteiger partial charge is 0.485 e. The summed E-state index contributed by atoms with van der Waals surface area (Å²) in [6.45, 7) is -0.0176. The number of aromatic amines is 1. The van der Waals surface area contributed by atoms with Crippen LogP contribution in [-0.4, -0.2) is 32.8 Å². The Bertz CT molecular complexity index is 1250. The number of hydrogen-bond donors (Lipinski definition) is 2. The lowest BCUT2D eigenvalue weighted by Gasteiger charge is -2.21. The number of rotatable bonds is 9. The van der Waals surface area contributed by atoms with Gasteiger partial charge in [0.05, 0.1) is 6.54 Å². The molecule has 9 heteroatoms. The van der Waals surface area contributed by atoms with E-state index in [4.69, 9.17) is 14.2 Å². The molecule has 1 aromatic heterocycles. The van der Waals surface area contributed by atoms with Crippen molar-refractivity contribution < 1.29 is 24.1 Å². The van der Waals surface area contributed by atoms with Gasteiger partial charge in [0, 0.05) is 12.3 Å². The highest BCUT2D eigenvalue weighted by Crippen LogP contribution is 2.29. The van der Waals surface area contributed by atoms with Gasteiger partial charge in [-0.15, -0.1) is 0 Å². The minimum absolute atomic E-state index is 0.0461. The molecule has 4 rings (SSSR count). The number of aromatic nitrogens is 2. The number of nitrogens with zero attached hydrogens (tertiary/aromatic N) is 1. The van der Waals surface area contributed by atoms with Crippen LogP contribution in [0.25, 0.3) is 0 Å². The Kier molecular flexibility index (Phi) is 6.70. The van der Waals surface area contributed by atoms with Crippen molar-refractivity contribution >= 4 is 5.97 Å². The number of esters is 1. The lowest BCUT2D eigenvalue weighted by atomic mass is 10.1. The summed E-state index contributed by atoms with van der Waals surface area (Å²) in [5.41, 5.74) is 0.435. The third-order valence-electron chi connectivity index (χ3n) is 4.99. The molecule has 0 unspecified atom stereocenters. The van der Waals surface area contributed by atoms with E-state index in [1.54, 1.807) is 0 Å². The highest BCUT2D eigenvalue weighted by molar-refractivity contribution is 5.89. The molecule has 0 amide bonds. The monoisotopic (exact) mass is 450 g/mol. The number of carbonyl (C=O) groups is 1. The fraction of sp³-hybridized carbons (Fsp3) is 0.208. The van der Waals surface area contributed by atoms with E-state index in [2.05, 4.69) is 4.98 Å². The zero-order valence-electron chi connectivity index (χ0n) is 17.5. The molecule has 3 aromatic rings. The summed E-state index contributed by atoms with van der Waals surface area (Å²) >= 11 is 0. The zero-order valence-corrected chi connectivity index (χ0v) is 17.5. The average molecular weight is 450 g/mol. The molecule has 0 saturated carbocycles. The SMILES string of the molecule is O=C1O[C@H]([C@@H](O)Cn2ccc(=O)[nH]c2=O)C(OCc2ccccc2)=C1OCc1ccccc1. The van der Waals surface area contributed by atoms with Gasteiger partial charge in [-0.25, -0.2) is 9.59 Å². The Balaban J connectivity index is 1.58. The number of H-pyrrole nitrogens is 1. The fourth-order valence-electron chi connectivity index (χ4n) is 3.33. The Hall–Kier alpha value is -4.11. The van der Waals surface area contributed by atoms with Crippen LogP contribution in [0, 0.1) is 0 Å². The normalized spacial score (nSPS) is 16.4. The molecule has 1 aliphatic rings. The molecule has 0 aliphatic carbocycles. The molecule has 0 radical (unpaired) electrons. The molecule has 2 atom stereocenters. The third kappa shape index (κ3) is 5.39. The van der Waals surface area contributed by atoms with E-state index in [-0.39, 0.29) is 31.3 Å².